The first-order chi connectivity index (χ1) is 8.54. The Kier molecular flexibility index (Phi) is 3.57. The predicted molar refractivity (Wildman–Crippen MR) is 68.5 cm³/mol. The highest BCUT2D eigenvalue weighted by Gasteiger charge is 2.31. The van der Waals surface area contributed by atoms with Gasteiger partial charge in [0.2, 0.25) is 0 Å². The van der Waals surface area contributed by atoms with Gasteiger partial charge in [-0.25, -0.2) is 0 Å². The predicted octanol–water partition coefficient (Wildman–Crippen LogP) is 1.91. The minimum Gasteiger partial charge on any atom is -0.491 e. The zero-order valence-electron chi connectivity index (χ0n) is 11.0. The molecule has 0 amide bonds. The summed E-state index contributed by atoms with van der Waals surface area (Å²) in [5, 5.41) is 3.37. The molecule has 1 aliphatic heterocycles. The molecular weight excluding hydrogens is 230 g/mol. The molecule has 1 heterocycles. The summed E-state index contributed by atoms with van der Waals surface area (Å²) in [6.45, 7) is 4.90. The van der Waals surface area contributed by atoms with Crippen LogP contribution < -0.4 is 10.1 Å². The van der Waals surface area contributed by atoms with Crippen molar-refractivity contribution >= 4 is 5.97 Å². The third-order valence-corrected chi connectivity index (χ3v) is 3.23. The molecule has 4 nitrogen and oxygen atoms in total. The molecule has 0 aliphatic carbocycles. The van der Waals surface area contributed by atoms with Crippen molar-refractivity contribution in [2.75, 3.05) is 20.3 Å². The van der Waals surface area contributed by atoms with Crippen LogP contribution in [0.25, 0.3) is 0 Å². The molecule has 18 heavy (non-hydrogen) atoms. The van der Waals surface area contributed by atoms with Crippen LogP contribution >= 0.6 is 0 Å². The lowest BCUT2D eigenvalue weighted by atomic mass is 9.93. The topological polar surface area (TPSA) is 47.6 Å². The molecule has 0 aromatic heterocycles. The average Bonchev–Trinajstić information content (AvgIpc) is 2.78. The number of carbonyl (C=O) groups is 1. The van der Waals surface area contributed by atoms with Gasteiger partial charge in [-0.15, -0.1) is 0 Å². The Balaban J connectivity index is 1.99. The molecular formula is C14H19NO3. The molecule has 0 radical (unpaired) electrons. The third kappa shape index (κ3) is 2.48. The number of carbonyl (C=O) groups excluding carboxylic acids is 1. The smallest absolute Gasteiger partial charge is 0.312 e. The lowest BCUT2D eigenvalue weighted by Gasteiger charge is -2.23. The van der Waals surface area contributed by atoms with E-state index in [-0.39, 0.29) is 12.0 Å². The molecule has 1 aromatic carbocycles. The van der Waals surface area contributed by atoms with E-state index in [1.165, 1.54) is 7.11 Å². The lowest BCUT2D eigenvalue weighted by molar-refractivity contribution is -0.150. The molecule has 0 fully saturated rings. The van der Waals surface area contributed by atoms with Crippen LogP contribution in [0.2, 0.25) is 0 Å². The summed E-state index contributed by atoms with van der Waals surface area (Å²) in [7, 11) is 1.41. The summed E-state index contributed by atoms with van der Waals surface area (Å²) in [4.78, 5) is 11.6. The number of hydrogen-bond acceptors (Lipinski definition) is 4. The van der Waals surface area contributed by atoms with Gasteiger partial charge < -0.3 is 14.8 Å². The first kappa shape index (κ1) is 12.9. The monoisotopic (exact) mass is 249 g/mol. The Labute approximate surface area is 107 Å². The molecule has 98 valence electrons. The molecule has 0 saturated carbocycles. The van der Waals surface area contributed by atoms with Gasteiger partial charge >= 0.3 is 5.97 Å². The fraction of sp³-hybridized carbons (Fsp3) is 0.500. The van der Waals surface area contributed by atoms with Gasteiger partial charge in [-0.2, -0.15) is 0 Å². The molecule has 4 heteroatoms. The largest absolute Gasteiger partial charge is 0.491 e. The first-order valence-corrected chi connectivity index (χ1v) is 6.08. The highest BCUT2D eigenvalue weighted by atomic mass is 16.5. The SMILES string of the molecule is COC(=O)C(C)(C)CNC1COc2ccccc21. The van der Waals surface area contributed by atoms with Gasteiger partial charge in [-0.1, -0.05) is 18.2 Å². The Morgan fingerprint density at radius 1 is 1.50 bits per heavy atom. The zero-order chi connectivity index (χ0) is 13.2. The Morgan fingerprint density at radius 2 is 2.22 bits per heavy atom. The highest BCUT2D eigenvalue weighted by molar-refractivity contribution is 5.76. The van der Waals surface area contributed by atoms with E-state index in [2.05, 4.69) is 5.32 Å². The number of rotatable bonds is 4. The normalized spacial score (nSPS) is 18.1. The summed E-state index contributed by atoms with van der Waals surface area (Å²) >= 11 is 0. The summed E-state index contributed by atoms with van der Waals surface area (Å²) in [5.41, 5.74) is 0.616. The number of benzene rings is 1. The summed E-state index contributed by atoms with van der Waals surface area (Å²) in [6.07, 6.45) is 0. The van der Waals surface area contributed by atoms with Crippen LogP contribution in [-0.4, -0.2) is 26.2 Å². The molecule has 1 aliphatic rings. The van der Waals surface area contributed by atoms with Crippen molar-refractivity contribution in [2.45, 2.75) is 19.9 Å². The molecule has 1 aromatic rings. The van der Waals surface area contributed by atoms with Crippen molar-refractivity contribution < 1.29 is 14.3 Å². The van der Waals surface area contributed by atoms with Crippen LogP contribution in [0.3, 0.4) is 0 Å². The molecule has 0 saturated heterocycles. The maximum absolute atomic E-state index is 11.6. The second-order valence-electron chi connectivity index (χ2n) is 5.16. The van der Waals surface area contributed by atoms with E-state index in [1.807, 2.05) is 38.1 Å². The van der Waals surface area contributed by atoms with E-state index in [0.29, 0.717) is 13.2 Å². The van der Waals surface area contributed by atoms with Crippen molar-refractivity contribution in [3.8, 4) is 5.75 Å². The Bertz CT molecular complexity index is 442. The van der Waals surface area contributed by atoms with Crippen LogP contribution in [0.1, 0.15) is 25.5 Å². The van der Waals surface area contributed by atoms with E-state index in [0.717, 1.165) is 11.3 Å². The third-order valence-electron chi connectivity index (χ3n) is 3.23. The molecule has 1 N–H and O–H groups in total. The number of para-hydroxylation sites is 1. The van der Waals surface area contributed by atoms with Crippen LogP contribution in [0.5, 0.6) is 5.75 Å². The van der Waals surface area contributed by atoms with Gasteiger partial charge in [0.05, 0.1) is 18.6 Å². The molecule has 0 bridgehead atoms. The Hall–Kier alpha value is -1.55. The number of methoxy groups -OCH3 is 1. The van der Waals surface area contributed by atoms with Gasteiger partial charge in [0.1, 0.15) is 12.4 Å². The van der Waals surface area contributed by atoms with Gasteiger partial charge in [-0.3, -0.25) is 4.79 Å². The fourth-order valence-corrected chi connectivity index (χ4v) is 2.06. The Morgan fingerprint density at radius 3 is 2.94 bits per heavy atom. The fourth-order valence-electron chi connectivity index (χ4n) is 2.06. The van der Waals surface area contributed by atoms with Crippen LogP contribution in [-0.2, 0) is 9.53 Å². The van der Waals surface area contributed by atoms with Crippen molar-refractivity contribution in [3.05, 3.63) is 29.8 Å². The first-order valence-electron chi connectivity index (χ1n) is 6.08. The average molecular weight is 249 g/mol. The summed E-state index contributed by atoms with van der Waals surface area (Å²) in [6, 6.07) is 8.10. The molecule has 1 unspecified atom stereocenters. The maximum atomic E-state index is 11.6. The quantitative estimate of drug-likeness (QED) is 0.828. The number of nitrogens with one attached hydrogen (secondary N) is 1. The van der Waals surface area contributed by atoms with Gasteiger partial charge in [-0.05, 0) is 19.9 Å². The van der Waals surface area contributed by atoms with Gasteiger partial charge in [0.25, 0.3) is 0 Å². The number of ether oxygens (including phenoxy) is 2. The molecule has 1 atom stereocenters. The summed E-state index contributed by atoms with van der Waals surface area (Å²) in [5.74, 6) is 0.716. The molecule has 0 spiro atoms. The molecule has 2 rings (SSSR count). The number of hydrogen-bond donors (Lipinski definition) is 1. The highest BCUT2D eigenvalue weighted by Crippen LogP contribution is 2.32. The van der Waals surface area contributed by atoms with Crippen molar-refractivity contribution in [3.63, 3.8) is 0 Å². The second-order valence-corrected chi connectivity index (χ2v) is 5.16. The number of esters is 1. The lowest BCUT2D eigenvalue weighted by Crippen LogP contribution is -2.38. The van der Waals surface area contributed by atoms with Crippen molar-refractivity contribution in [1.29, 1.82) is 0 Å². The van der Waals surface area contributed by atoms with E-state index in [4.69, 9.17) is 9.47 Å². The van der Waals surface area contributed by atoms with E-state index >= 15 is 0 Å². The van der Waals surface area contributed by atoms with Crippen LogP contribution in [0.4, 0.5) is 0 Å². The van der Waals surface area contributed by atoms with Crippen LogP contribution in [0, 0.1) is 5.41 Å². The van der Waals surface area contributed by atoms with Gasteiger partial charge in [0, 0.05) is 12.1 Å². The minimum atomic E-state index is -0.535. The standard InChI is InChI=1S/C14H19NO3/c1-14(2,13(16)17-3)9-15-11-8-18-12-7-5-4-6-10(11)12/h4-7,11,15H,8-9H2,1-3H3. The zero-order valence-corrected chi connectivity index (χ0v) is 11.0. The van der Waals surface area contributed by atoms with Crippen molar-refractivity contribution in [1.82, 2.24) is 5.32 Å². The van der Waals surface area contributed by atoms with Gasteiger partial charge in [0.15, 0.2) is 0 Å². The minimum absolute atomic E-state index is 0.144. The van der Waals surface area contributed by atoms with Crippen LogP contribution in [0.15, 0.2) is 24.3 Å². The maximum Gasteiger partial charge on any atom is 0.312 e. The second kappa shape index (κ2) is 4.98. The summed E-state index contributed by atoms with van der Waals surface area (Å²) < 4.78 is 10.4. The number of fused-ring (bicyclic) bond motifs is 1. The van der Waals surface area contributed by atoms with E-state index in [1.54, 1.807) is 0 Å². The van der Waals surface area contributed by atoms with Crippen molar-refractivity contribution in [2.24, 2.45) is 5.41 Å². The van der Waals surface area contributed by atoms with E-state index < -0.39 is 5.41 Å². The van der Waals surface area contributed by atoms with E-state index in [9.17, 15) is 4.79 Å².